The smallest absolute Gasteiger partial charge is 0.416 e. The van der Waals surface area contributed by atoms with Crippen LogP contribution in [-0.2, 0) is 11.0 Å². The van der Waals surface area contributed by atoms with Crippen molar-refractivity contribution in [3.8, 4) is 5.75 Å². The first-order valence-corrected chi connectivity index (χ1v) is 7.50. The molecule has 1 N–H and O–H groups in total. The van der Waals surface area contributed by atoms with Gasteiger partial charge in [-0.25, -0.2) is 0 Å². The molecular weight excluding hydrogens is 331 g/mol. The zero-order chi connectivity index (χ0) is 17.9. The van der Waals surface area contributed by atoms with Crippen LogP contribution in [0.4, 0.5) is 18.9 Å². The summed E-state index contributed by atoms with van der Waals surface area (Å²) in [5.74, 6) is 0.257. The maximum absolute atomic E-state index is 12.7. The van der Waals surface area contributed by atoms with Gasteiger partial charge in [-0.15, -0.1) is 0 Å². The number of fused-ring (bicyclic) bond motifs is 1. The second-order valence-corrected chi connectivity index (χ2v) is 5.45. The highest BCUT2D eigenvalue weighted by atomic mass is 19.4. The van der Waals surface area contributed by atoms with Crippen molar-refractivity contribution >= 4 is 17.7 Å². The molecule has 0 aliphatic carbocycles. The van der Waals surface area contributed by atoms with Crippen LogP contribution in [0.2, 0.25) is 0 Å². The van der Waals surface area contributed by atoms with E-state index in [0.29, 0.717) is 6.61 Å². The maximum Gasteiger partial charge on any atom is 0.416 e. The number of rotatable bonds is 3. The van der Waals surface area contributed by atoms with Gasteiger partial charge in [-0.2, -0.15) is 13.2 Å². The molecular formula is C19H14F3NO2. The third kappa shape index (κ3) is 4.29. The number of anilines is 1. The average molecular weight is 345 g/mol. The topological polar surface area (TPSA) is 38.3 Å². The van der Waals surface area contributed by atoms with Gasteiger partial charge >= 0.3 is 6.18 Å². The molecule has 0 aromatic heterocycles. The van der Waals surface area contributed by atoms with Gasteiger partial charge in [0, 0.05) is 17.3 Å². The Morgan fingerprint density at radius 3 is 2.72 bits per heavy atom. The highest BCUT2D eigenvalue weighted by Crippen LogP contribution is 2.30. The Labute approximate surface area is 142 Å². The molecule has 0 fully saturated rings. The lowest BCUT2D eigenvalue weighted by molar-refractivity contribution is -0.137. The van der Waals surface area contributed by atoms with Crippen molar-refractivity contribution in [3.63, 3.8) is 0 Å². The summed E-state index contributed by atoms with van der Waals surface area (Å²) < 4.78 is 43.6. The van der Waals surface area contributed by atoms with Crippen LogP contribution in [-0.4, -0.2) is 12.5 Å². The molecule has 6 heteroatoms. The quantitative estimate of drug-likeness (QED) is 0.821. The molecule has 1 heterocycles. The van der Waals surface area contributed by atoms with Crippen LogP contribution < -0.4 is 10.1 Å². The fourth-order valence-corrected chi connectivity index (χ4v) is 2.37. The van der Waals surface area contributed by atoms with E-state index in [9.17, 15) is 18.0 Å². The highest BCUT2D eigenvalue weighted by molar-refractivity contribution is 5.99. The number of carbonyl (C=O) groups is 1. The molecule has 3 nitrogen and oxygen atoms in total. The Balaban J connectivity index is 1.67. The van der Waals surface area contributed by atoms with E-state index in [-0.39, 0.29) is 5.69 Å². The minimum atomic E-state index is -4.45. The summed E-state index contributed by atoms with van der Waals surface area (Å²) in [7, 11) is 0. The van der Waals surface area contributed by atoms with E-state index in [1.165, 1.54) is 18.2 Å². The molecule has 0 spiro atoms. The molecule has 25 heavy (non-hydrogen) atoms. The van der Waals surface area contributed by atoms with Gasteiger partial charge in [-0.05, 0) is 35.9 Å². The van der Waals surface area contributed by atoms with Crippen molar-refractivity contribution in [3.05, 3.63) is 77.4 Å². The molecule has 0 saturated heterocycles. The minimum absolute atomic E-state index is 0.0868. The summed E-state index contributed by atoms with van der Waals surface area (Å²) in [6, 6.07) is 12.0. The van der Waals surface area contributed by atoms with Gasteiger partial charge in [0.05, 0.1) is 5.56 Å². The Morgan fingerprint density at radius 1 is 1.12 bits per heavy atom. The molecule has 0 bridgehead atoms. The van der Waals surface area contributed by atoms with Gasteiger partial charge < -0.3 is 10.1 Å². The standard InChI is InChI=1S/C19H14F3NO2/c20-19(21,22)15-5-3-6-16(11-15)23-18(24)9-8-13-10-14-4-1-2-7-17(14)25-12-13/h1-11H,12H2,(H,23,24)/b9-8+. The number of alkyl halides is 3. The Morgan fingerprint density at radius 2 is 1.92 bits per heavy atom. The van der Waals surface area contributed by atoms with E-state index in [1.807, 2.05) is 30.3 Å². The van der Waals surface area contributed by atoms with Gasteiger partial charge in [0.2, 0.25) is 5.91 Å². The first-order valence-electron chi connectivity index (χ1n) is 7.50. The second-order valence-electron chi connectivity index (χ2n) is 5.45. The van der Waals surface area contributed by atoms with E-state index in [2.05, 4.69) is 5.32 Å². The summed E-state index contributed by atoms with van der Waals surface area (Å²) in [6.45, 7) is 0.324. The molecule has 1 aliphatic rings. The number of benzene rings is 2. The molecule has 0 radical (unpaired) electrons. The SMILES string of the molecule is O=C(/C=C/C1=Cc2ccccc2OC1)Nc1cccc(C(F)(F)F)c1. The number of halogens is 3. The summed E-state index contributed by atoms with van der Waals surface area (Å²) in [5.41, 5.74) is 0.975. The molecule has 1 amide bonds. The number of hydrogen-bond acceptors (Lipinski definition) is 2. The molecule has 2 aromatic carbocycles. The van der Waals surface area contributed by atoms with Crippen molar-refractivity contribution in [1.82, 2.24) is 0 Å². The number of amides is 1. The number of nitrogens with one attached hydrogen (secondary N) is 1. The summed E-state index contributed by atoms with van der Waals surface area (Å²) >= 11 is 0. The average Bonchev–Trinajstić information content (AvgIpc) is 2.59. The van der Waals surface area contributed by atoms with Crippen molar-refractivity contribution in [2.24, 2.45) is 0 Å². The molecule has 0 unspecified atom stereocenters. The van der Waals surface area contributed by atoms with Gasteiger partial charge in [0.25, 0.3) is 0 Å². The normalized spacial score (nSPS) is 13.8. The third-order valence-electron chi connectivity index (χ3n) is 3.56. The van der Waals surface area contributed by atoms with E-state index in [4.69, 9.17) is 4.74 Å². The van der Waals surface area contributed by atoms with E-state index in [1.54, 1.807) is 6.08 Å². The lowest BCUT2D eigenvalue weighted by Gasteiger charge is -2.15. The predicted octanol–water partition coefficient (Wildman–Crippen LogP) is 4.68. The van der Waals surface area contributed by atoms with Crippen LogP contribution in [0.5, 0.6) is 5.75 Å². The zero-order valence-corrected chi connectivity index (χ0v) is 13.0. The van der Waals surface area contributed by atoms with Gasteiger partial charge in [-0.3, -0.25) is 4.79 Å². The highest BCUT2D eigenvalue weighted by Gasteiger charge is 2.30. The number of carbonyl (C=O) groups excluding carboxylic acids is 1. The molecule has 128 valence electrons. The second kappa shape index (κ2) is 6.84. The molecule has 3 rings (SSSR count). The fourth-order valence-electron chi connectivity index (χ4n) is 2.37. The van der Waals surface area contributed by atoms with Crippen molar-refractivity contribution in [1.29, 1.82) is 0 Å². The maximum atomic E-state index is 12.7. The van der Waals surface area contributed by atoms with Gasteiger partial charge in [0.1, 0.15) is 12.4 Å². The first kappa shape index (κ1) is 16.8. The van der Waals surface area contributed by atoms with Crippen LogP contribution >= 0.6 is 0 Å². The van der Waals surface area contributed by atoms with Crippen LogP contribution in [0.1, 0.15) is 11.1 Å². The summed E-state index contributed by atoms with van der Waals surface area (Å²) in [6.07, 6.45) is 0.295. The largest absolute Gasteiger partial charge is 0.488 e. The number of ether oxygens (including phenoxy) is 1. The Hall–Kier alpha value is -3.02. The predicted molar refractivity (Wildman–Crippen MR) is 89.1 cm³/mol. The molecule has 0 atom stereocenters. The van der Waals surface area contributed by atoms with E-state index >= 15 is 0 Å². The Bertz CT molecular complexity index is 854. The lowest BCUT2D eigenvalue weighted by atomic mass is 10.1. The van der Waals surface area contributed by atoms with Crippen LogP contribution in [0.15, 0.2) is 66.3 Å². The van der Waals surface area contributed by atoms with Crippen LogP contribution in [0, 0.1) is 0 Å². The summed E-state index contributed by atoms with van der Waals surface area (Å²) in [5, 5.41) is 2.42. The minimum Gasteiger partial charge on any atom is -0.488 e. The Kier molecular flexibility index (Phi) is 4.61. The monoisotopic (exact) mass is 345 g/mol. The van der Waals surface area contributed by atoms with Crippen molar-refractivity contribution in [2.75, 3.05) is 11.9 Å². The molecule has 1 aliphatic heterocycles. The zero-order valence-electron chi connectivity index (χ0n) is 13.0. The van der Waals surface area contributed by atoms with Gasteiger partial charge in [0.15, 0.2) is 0 Å². The summed E-state index contributed by atoms with van der Waals surface area (Å²) in [4.78, 5) is 11.9. The first-order chi connectivity index (χ1) is 11.9. The molecule has 2 aromatic rings. The van der Waals surface area contributed by atoms with Crippen LogP contribution in [0.25, 0.3) is 6.08 Å². The fraction of sp³-hybridized carbons (Fsp3) is 0.105. The lowest BCUT2D eigenvalue weighted by Crippen LogP contribution is -2.11. The molecule has 0 saturated carbocycles. The van der Waals surface area contributed by atoms with E-state index in [0.717, 1.165) is 29.0 Å². The van der Waals surface area contributed by atoms with Gasteiger partial charge in [-0.1, -0.05) is 30.3 Å². The van der Waals surface area contributed by atoms with Crippen molar-refractivity contribution < 1.29 is 22.7 Å². The third-order valence-corrected chi connectivity index (χ3v) is 3.56. The van der Waals surface area contributed by atoms with Crippen molar-refractivity contribution in [2.45, 2.75) is 6.18 Å². The van der Waals surface area contributed by atoms with Crippen LogP contribution in [0.3, 0.4) is 0 Å². The number of hydrogen-bond donors (Lipinski definition) is 1. The van der Waals surface area contributed by atoms with E-state index < -0.39 is 17.6 Å². The number of para-hydroxylation sites is 1.